The van der Waals surface area contributed by atoms with Crippen LogP contribution < -0.4 is 0 Å². The third-order valence-electron chi connectivity index (χ3n) is 0.648. The highest BCUT2D eigenvalue weighted by Gasteiger charge is 2.25. The van der Waals surface area contributed by atoms with Crippen LogP contribution in [0.25, 0.3) is 0 Å². The summed E-state index contributed by atoms with van der Waals surface area (Å²) in [6, 6.07) is 0. The van der Waals surface area contributed by atoms with Gasteiger partial charge in [0, 0.05) is 6.42 Å². The van der Waals surface area contributed by atoms with Crippen molar-refractivity contribution >= 4 is 58.0 Å². The molecule has 56 valence electrons. The lowest BCUT2D eigenvalue weighted by molar-refractivity contribution is 0.806. The molecule has 0 bridgehead atoms. The van der Waals surface area contributed by atoms with E-state index in [0.29, 0.717) is 0 Å². The van der Waals surface area contributed by atoms with Gasteiger partial charge in [-0.15, -0.1) is 58.0 Å². The smallest absolute Gasteiger partial charge is 0.123 e. The van der Waals surface area contributed by atoms with Crippen LogP contribution >= 0.6 is 58.0 Å². The zero-order valence-corrected chi connectivity index (χ0v) is 8.16. The molecule has 0 nitrogen and oxygen atoms in total. The van der Waals surface area contributed by atoms with Gasteiger partial charge in [-0.05, 0) is 0 Å². The predicted octanol–water partition coefficient (Wildman–Crippen LogP) is 3.59. The first-order valence-electron chi connectivity index (χ1n) is 2.20. The third kappa shape index (κ3) is 5.87. The summed E-state index contributed by atoms with van der Waals surface area (Å²) in [6.45, 7) is 0. The second kappa shape index (κ2) is 4.35. The van der Waals surface area contributed by atoms with E-state index in [0.717, 1.165) is 0 Å². The Labute approximate surface area is 79.4 Å². The molecular weight excluding hydrogens is 225 g/mol. The summed E-state index contributed by atoms with van der Waals surface area (Å²) in [5, 5.41) is 0. The Balaban J connectivity index is 3.58. The van der Waals surface area contributed by atoms with Gasteiger partial charge in [-0.2, -0.15) is 0 Å². The van der Waals surface area contributed by atoms with Crippen LogP contribution in [0.4, 0.5) is 0 Å². The fourth-order valence-electron chi connectivity index (χ4n) is 0.280. The van der Waals surface area contributed by atoms with Gasteiger partial charge in [0.1, 0.15) is 9.17 Å². The van der Waals surface area contributed by atoms with E-state index in [1.54, 1.807) is 0 Å². The van der Waals surface area contributed by atoms with E-state index >= 15 is 0 Å². The standard InChI is InChI=1S/C4H5Cl5/c5-2-4(8,9)1-3(6)7/h3H,1-2H2. The van der Waals surface area contributed by atoms with Crippen molar-refractivity contribution < 1.29 is 0 Å². The monoisotopic (exact) mass is 228 g/mol. The van der Waals surface area contributed by atoms with Crippen LogP contribution in [0, 0.1) is 0 Å². The molecule has 0 saturated heterocycles. The molecule has 0 unspecified atom stereocenters. The predicted molar refractivity (Wildman–Crippen MR) is 45.3 cm³/mol. The maximum atomic E-state index is 5.58. The van der Waals surface area contributed by atoms with Gasteiger partial charge in [0.2, 0.25) is 0 Å². The van der Waals surface area contributed by atoms with Crippen LogP contribution in [-0.4, -0.2) is 15.0 Å². The quantitative estimate of drug-likeness (QED) is 0.650. The zero-order valence-electron chi connectivity index (χ0n) is 4.38. The van der Waals surface area contributed by atoms with E-state index in [1.165, 1.54) is 0 Å². The lowest BCUT2D eigenvalue weighted by Gasteiger charge is -2.15. The highest BCUT2D eigenvalue weighted by Crippen LogP contribution is 2.31. The number of rotatable bonds is 3. The number of halogens is 5. The molecule has 0 fully saturated rings. The first kappa shape index (κ1) is 10.4. The molecule has 0 amide bonds. The first-order valence-corrected chi connectivity index (χ1v) is 4.36. The molecule has 0 N–H and O–H groups in total. The molecular formula is C4H5Cl5. The summed E-state index contributed by atoms with van der Waals surface area (Å²) in [5.41, 5.74) is 0. The summed E-state index contributed by atoms with van der Waals surface area (Å²) in [6.07, 6.45) is 0.280. The minimum absolute atomic E-state index is 0.131. The van der Waals surface area contributed by atoms with E-state index in [-0.39, 0.29) is 12.3 Å². The minimum Gasteiger partial charge on any atom is -0.123 e. The molecule has 0 aliphatic rings. The molecule has 0 rings (SSSR count). The van der Waals surface area contributed by atoms with Crippen LogP contribution in [0.3, 0.4) is 0 Å². The topological polar surface area (TPSA) is 0 Å². The number of hydrogen-bond donors (Lipinski definition) is 0. The van der Waals surface area contributed by atoms with Gasteiger partial charge in [0.15, 0.2) is 0 Å². The second-order valence-corrected chi connectivity index (χ2v) is 4.77. The van der Waals surface area contributed by atoms with E-state index < -0.39 is 9.17 Å². The molecule has 0 radical (unpaired) electrons. The summed E-state index contributed by atoms with van der Waals surface area (Å²) in [4.78, 5) is -0.557. The largest absolute Gasteiger partial charge is 0.134 e. The normalized spacial score (nSPS) is 12.7. The minimum atomic E-state index is -0.990. The summed E-state index contributed by atoms with van der Waals surface area (Å²) in [5.74, 6) is 0.131. The van der Waals surface area contributed by atoms with Gasteiger partial charge >= 0.3 is 0 Å². The second-order valence-electron chi connectivity index (χ2n) is 1.58. The van der Waals surface area contributed by atoms with Crippen LogP contribution in [0.1, 0.15) is 6.42 Å². The summed E-state index contributed by atoms with van der Waals surface area (Å²) < 4.78 is -0.990. The Bertz CT molecular complexity index is 79.0. The van der Waals surface area contributed by atoms with Crippen molar-refractivity contribution in [3.8, 4) is 0 Å². The van der Waals surface area contributed by atoms with Crippen molar-refractivity contribution in [2.24, 2.45) is 0 Å². The molecule has 0 aliphatic carbocycles. The Hall–Kier alpha value is 1.45. The number of alkyl halides is 5. The molecule has 0 atom stereocenters. The molecule has 9 heavy (non-hydrogen) atoms. The van der Waals surface area contributed by atoms with E-state index in [2.05, 4.69) is 0 Å². The number of hydrogen-bond acceptors (Lipinski definition) is 0. The van der Waals surface area contributed by atoms with E-state index in [4.69, 9.17) is 58.0 Å². The average molecular weight is 230 g/mol. The highest BCUT2D eigenvalue weighted by atomic mass is 35.5. The zero-order chi connectivity index (χ0) is 7.49. The Morgan fingerprint density at radius 1 is 1.22 bits per heavy atom. The average Bonchev–Trinajstić information content (AvgIpc) is 1.63. The van der Waals surface area contributed by atoms with Crippen molar-refractivity contribution in [2.75, 3.05) is 5.88 Å². The van der Waals surface area contributed by atoms with Gasteiger partial charge in [-0.3, -0.25) is 0 Å². The van der Waals surface area contributed by atoms with Gasteiger partial charge in [0.25, 0.3) is 0 Å². The molecule has 0 spiro atoms. The van der Waals surface area contributed by atoms with Crippen molar-refractivity contribution in [1.82, 2.24) is 0 Å². The lowest BCUT2D eigenvalue weighted by Crippen LogP contribution is -2.17. The maximum absolute atomic E-state index is 5.58. The van der Waals surface area contributed by atoms with Gasteiger partial charge in [-0.1, -0.05) is 0 Å². The Kier molecular flexibility index (Phi) is 5.05. The summed E-state index contributed by atoms with van der Waals surface area (Å²) in [7, 11) is 0. The molecule has 0 aromatic heterocycles. The van der Waals surface area contributed by atoms with Crippen molar-refractivity contribution in [3.05, 3.63) is 0 Å². The van der Waals surface area contributed by atoms with Gasteiger partial charge in [0.05, 0.1) is 5.88 Å². The summed E-state index contributed by atoms with van der Waals surface area (Å²) >= 11 is 27.3. The highest BCUT2D eigenvalue weighted by molar-refractivity contribution is 6.53. The Morgan fingerprint density at radius 2 is 1.67 bits per heavy atom. The van der Waals surface area contributed by atoms with Crippen LogP contribution in [0.15, 0.2) is 0 Å². The SMILES string of the molecule is ClCC(Cl)(Cl)CC(Cl)Cl. The fraction of sp³-hybridized carbons (Fsp3) is 1.00. The maximum Gasteiger partial charge on any atom is 0.134 e. The van der Waals surface area contributed by atoms with Crippen LogP contribution in [-0.2, 0) is 0 Å². The first-order chi connectivity index (χ1) is 3.98. The molecule has 0 aromatic rings. The lowest BCUT2D eigenvalue weighted by atomic mass is 10.3. The van der Waals surface area contributed by atoms with Crippen LogP contribution in [0.2, 0.25) is 0 Å². The molecule has 5 heteroatoms. The van der Waals surface area contributed by atoms with E-state index in [9.17, 15) is 0 Å². The van der Waals surface area contributed by atoms with E-state index in [1.807, 2.05) is 0 Å². The van der Waals surface area contributed by atoms with Gasteiger partial charge < -0.3 is 0 Å². The fourth-order valence-corrected chi connectivity index (χ4v) is 1.54. The van der Waals surface area contributed by atoms with Crippen LogP contribution in [0.5, 0.6) is 0 Å². The van der Waals surface area contributed by atoms with Crippen molar-refractivity contribution in [3.63, 3.8) is 0 Å². The molecule has 0 heterocycles. The molecule has 0 aromatic carbocycles. The molecule has 0 aliphatic heterocycles. The molecule has 0 saturated carbocycles. The van der Waals surface area contributed by atoms with Crippen molar-refractivity contribution in [2.45, 2.75) is 15.6 Å². The van der Waals surface area contributed by atoms with Crippen molar-refractivity contribution in [1.29, 1.82) is 0 Å². The third-order valence-corrected chi connectivity index (χ3v) is 2.26. The van der Waals surface area contributed by atoms with Gasteiger partial charge in [-0.25, -0.2) is 0 Å². The Morgan fingerprint density at radius 3 is 1.78 bits per heavy atom.